The first-order valence-electron chi connectivity index (χ1n) is 10.7. The molecule has 0 aromatic heterocycles. The molecule has 10 nitrogen and oxygen atoms in total. The molecule has 184 valence electrons. The van der Waals surface area contributed by atoms with E-state index in [0.717, 1.165) is 6.07 Å². The minimum Gasteiger partial charge on any atom is -0.871 e. The van der Waals surface area contributed by atoms with Crippen LogP contribution in [0.4, 0.5) is 5.69 Å². The number of carbonyl (C=O) groups excluding carboxylic acids is 1. The molecular formula is C26H20NO9-. The standard InChI is InChI=1S/C26H21NO9/c1-3-34-26(30)24-22(15-7-9-18(33-2)10-8-15)23(28)20-12-11-19(14-21(20)36-24)35-25(29)16-5-4-6-17(13-16)27(31)32/h4-14,28,30H,3H2,1-2H3/p-1. The van der Waals surface area contributed by atoms with Crippen LogP contribution in [0.15, 0.2) is 78.4 Å². The Kier molecular flexibility index (Phi) is 6.77. The Morgan fingerprint density at radius 1 is 1.06 bits per heavy atom. The number of esters is 1. The van der Waals surface area contributed by atoms with Gasteiger partial charge in [-0.2, -0.15) is 0 Å². The molecule has 10 heteroatoms. The number of benzene rings is 3. The normalized spacial score (nSPS) is 13.8. The molecule has 0 radical (unpaired) electrons. The third kappa shape index (κ3) is 4.78. The summed E-state index contributed by atoms with van der Waals surface area (Å²) in [6.07, 6.45) is 0. The van der Waals surface area contributed by atoms with Gasteiger partial charge < -0.3 is 29.2 Å². The number of ether oxygens (including phenoxy) is 4. The molecule has 0 saturated heterocycles. The minimum absolute atomic E-state index is 0.0244. The Morgan fingerprint density at radius 2 is 1.78 bits per heavy atom. The highest BCUT2D eigenvalue weighted by Crippen LogP contribution is 2.42. The zero-order chi connectivity index (χ0) is 25.8. The van der Waals surface area contributed by atoms with Crippen molar-refractivity contribution in [3.05, 3.63) is 105 Å². The number of non-ortho nitro benzene ring substituents is 1. The maximum Gasteiger partial charge on any atom is 0.343 e. The van der Waals surface area contributed by atoms with Gasteiger partial charge in [0.25, 0.3) is 5.69 Å². The fraction of sp³-hybridized carbons (Fsp3) is 0.115. The summed E-state index contributed by atoms with van der Waals surface area (Å²) in [5.74, 6) is -1.41. The third-order valence-corrected chi connectivity index (χ3v) is 5.22. The van der Waals surface area contributed by atoms with E-state index >= 15 is 0 Å². The van der Waals surface area contributed by atoms with Crippen LogP contribution in [0.25, 0.3) is 11.3 Å². The van der Waals surface area contributed by atoms with Crippen LogP contribution in [0.1, 0.15) is 28.4 Å². The summed E-state index contributed by atoms with van der Waals surface area (Å²) in [6, 6.07) is 15.9. The van der Waals surface area contributed by atoms with Crippen molar-refractivity contribution in [1.29, 1.82) is 0 Å². The van der Waals surface area contributed by atoms with E-state index in [1.54, 1.807) is 31.2 Å². The van der Waals surface area contributed by atoms with Crippen LogP contribution >= 0.6 is 0 Å². The fourth-order valence-corrected chi connectivity index (χ4v) is 3.52. The van der Waals surface area contributed by atoms with Crippen molar-refractivity contribution >= 4 is 23.0 Å². The van der Waals surface area contributed by atoms with E-state index in [4.69, 9.17) is 18.9 Å². The number of carbonyl (C=O) groups is 1. The van der Waals surface area contributed by atoms with Gasteiger partial charge >= 0.3 is 11.9 Å². The van der Waals surface area contributed by atoms with Crippen molar-refractivity contribution in [1.82, 2.24) is 0 Å². The van der Waals surface area contributed by atoms with Crippen LogP contribution in [0.2, 0.25) is 0 Å². The molecule has 0 unspecified atom stereocenters. The van der Waals surface area contributed by atoms with Crippen LogP contribution < -0.4 is 19.3 Å². The predicted molar refractivity (Wildman–Crippen MR) is 126 cm³/mol. The van der Waals surface area contributed by atoms with Gasteiger partial charge in [0.2, 0.25) is 5.76 Å². The molecule has 3 aromatic rings. The van der Waals surface area contributed by atoms with E-state index in [1.165, 1.54) is 43.5 Å². The van der Waals surface area contributed by atoms with Gasteiger partial charge in [0.05, 0.1) is 24.2 Å². The van der Waals surface area contributed by atoms with E-state index in [-0.39, 0.29) is 46.3 Å². The summed E-state index contributed by atoms with van der Waals surface area (Å²) in [5.41, 5.74) is 0.436. The summed E-state index contributed by atoms with van der Waals surface area (Å²) in [6.45, 7) is 1.78. The van der Waals surface area contributed by atoms with Crippen LogP contribution in [-0.4, -0.2) is 29.7 Å². The molecule has 0 atom stereocenters. The van der Waals surface area contributed by atoms with Gasteiger partial charge in [-0.05, 0) is 42.8 Å². The lowest BCUT2D eigenvalue weighted by Crippen LogP contribution is -2.18. The SMILES string of the molecule is CCOC(O)=C1Oc2cc(OC(=O)c3cccc([N+](=O)[O-])c3)ccc2C([O-])=C1c1ccc(OC)cc1. The van der Waals surface area contributed by atoms with E-state index < -0.39 is 22.6 Å². The Hall–Kier alpha value is -4.99. The first-order valence-corrected chi connectivity index (χ1v) is 10.7. The van der Waals surface area contributed by atoms with E-state index in [0.29, 0.717) is 11.3 Å². The maximum absolute atomic E-state index is 13.4. The highest BCUT2D eigenvalue weighted by molar-refractivity contribution is 5.97. The first-order chi connectivity index (χ1) is 17.3. The zero-order valence-corrected chi connectivity index (χ0v) is 19.2. The van der Waals surface area contributed by atoms with Gasteiger partial charge in [-0.3, -0.25) is 10.1 Å². The second-order valence-electron chi connectivity index (χ2n) is 7.46. The molecule has 36 heavy (non-hydrogen) atoms. The van der Waals surface area contributed by atoms with Gasteiger partial charge in [-0.1, -0.05) is 24.0 Å². The van der Waals surface area contributed by atoms with Gasteiger partial charge in [0.1, 0.15) is 17.2 Å². The smallest absolute Gasteiger partial charge is 0.343 e. The minimum atomic E-state index is -0.834. The number of nitrogens with zero attached hydrogens (tertiary/aromatic N) is 1. The molecule has 4 rings (SSSR count). The second-order valence-corrected chi connectivity index (χ2v) is 7.46. The number of aliphatic hydroxyl groups is 1. The molecular weight excluding hydrogens is 470 g/mol. The average Bonchev–Trinajstić information content (AvgIpc) is 2.88. The highest BCUT2D eigenvalue weighted by atomic mass is 16.6. The number of aliphatic hydroxyl groups excluding tert-OH is 1. The number of rotatable bonds is 7. The topological polar surface area (TPSA) is 140 Å². The molecule has 0 aliphatic carbocycles. The summed E-state index contributed by atoms with van der Waals surface area (Å²) < 4.78 is 21.5. The van der Waals surface area contributed by atoms with Crippen molar-refractivity contribution in [2.24, 2.45) is 0 Å². The monoisotopic (exact) mass is 490 g/mol. The quantitative estimate of drug-likeness (QED) is 0.169. The summed E-state index contributed by atoms with van der Waals surface area (Å²) in [4.78, 5) is 22.9. The molecule has 1 N–H and O–H groups in total. The largest absolute Gasteiger partial charge is 0.871 e. The van der Waals surface area contributed by atoms with Crippen molar-refractivity contribution in [2.75, 3.05) is 13.7 Å². The van der Waals surface area contributed by atoms with Gasteiger partial charge in [-0.25, -0.2) is 4.79 Å². The second kappa shape index (κ2) is 10.1. The summed E-state index contributed by atoms with van der Waals surface area (Å²) in [7, 11) is 1.52. The molecule has 1 aliphatic heterocycles. The molecule has 1 aliphatic rings. The number of hydrogen-bond acceptors (Lipinski definition) is 9. The Bertz CT molecular complexity index is 1390. The van der Waals surface area contributed by atoms with Crippen LogP contribution in [0.5, 0.6) is 17.2 Å². The maximum atomic E-state index is 13.4. The Labute approximate surface area is 205 Å². The van der Waals surface area contributed by atoms with Crippen LogP contribution in [0.3, 0.4) is 0 Å². The van der Waals surface area contributed by atoms with E-state index in [1.807, 2.05) is 0 Å². The number of hydrogen-bond donors (Lipinski definition) is 1. The zero-order valence-electron chi connectivity index (χ0n) is 19.2. The summed E-state index contributed by atoms with van der Waals surface area (Å²) >= 11 is 0. The van der Waals surface area contributed by atoms with Crippen molar-refractivity contribution in [3.8, 4) is 17.2 Å². The predicted octanol–water partition coefficient (Wildman–Crippen LogP) is 4.21. The first kappa shape index (κ1) is 24.1. The lowest BCUT2D eigenvalue weighted by molar-refractivity contribution is -0.384. The average molecular weight is 490 g/mol. The van der Waals surface area contributed by atoms with Crippen LogP contribution in [-0.2, 0) is 4.74 Å². The number of nitro benzene ring substituents is 1. The fourth-order valence-electron chi connectivity index (χ4n) is 3.52. The van der Waals surface area contributed by atoms with E-state index in [9.17, 15) is 25.1 Å². The molecule has 0 saturated carbocycles. The molecule has 0 amide bonds. The van der Waals surface area contributed by atoms with Crippen LogP contribution in [0, 0.1) is 10.1 Å². The Morgan fingerprint density at radius 3 is 2.44 bits per heavy atom. The highest BCUT2D eigenvalue weighted by Gasteiger charge is 2.26. The lowest BCUT2D eigenvalue weighted by atomic mass is 9.96. The molecule has 1 heterocycles. The lowest BCUT2D eigenvalue weighted by Gasteiger charge is -2.29. The van der Waals surface area contributed by atoms with Gasteiger partial charge in [0.15, 0.2) is 0 Å². The molecule has 0 fully saturated rings. The number of methoxy groups -OCH3 is 1. The third-order valence-electron chi connectivity index (χ3n) is 5.22. The Balaban J connectivity index is 1.72. The van der Waals surface area contributed by atoms with Crippen molar-refractivity contribution in [2.45, 2.75) is 6.92 Å². The number of allylic oxidation sites excluding steroid dienone is 1. The summed E-state index contributed by atoms with van der Waals surface area (Å²) in [5, 5.41) is 34.9. The number of nitro groups is 1. The molecule has 0 spiro atoms. The van der Waals surface area contributed by atoms with E-state index in [2.05, 4.69) is 0 Å². The molecule has 3 aromatic carbocycles. The van der Waals surface area contributed by atoms with Crippen molar-refractivity contribution in [3.63, 3.8) is 0 Å². The van der Waals surface area contributed by atoms with Crippen molar-refractivity contribution < 1.29 is 38.9 Å². The van der Waals surface area contributed by atoms with Gasteiger partial charge in [0, 0.05) is 29.3 Å². The number of fused-ring (bicyclic) bond motifs is 1. The van der Waals surface area contributed by atoms with Gasteiger partial charge in [-0.15, -0.1) is 0 Å². The molecule has 0 bridgehead atoms.